The van der Waals surface area contributed by atoms with E-state index in [9.17, 15) is 0 Å². The quantitative estimate of drug-likeness (QED) is 0.588. The van der Waals surface area contributed by atoms with E-state index < -0.39 is 0 Å². The zero-order chi connectivity index (χ0) is 8.81. The minimum Gasteiger partial charge on any atom is -0.363 e. The zero-order valence-corrected chi connectivity index (χ0v) is 8.34. The Morgan fingerprint density at radius 2 is 2.25 bits per heavy atom. The molecule has 1 heterocycles. The second-order valence-corrected chi connectivity index (χ2v) is 3.53. The predicted octanol–water partition coefficient (Wildman–Crippen LogP) is 2.30. The molecule has 0 bridgehead atoms. The Morgan fingerprint density at radius 3 is 2.92 bits per heavy atom. The molecule has 70 valence electrons. The van der Waals surface area contributed by atoms with Gasteiger partial charge >= 0.3 is 0 Å². The van der Waals surface area contributed by atoms with Crippen LogP contribution in [-0.2, 0) is 0 Å². The van der Waals surface area contributed by atoms with Crippen LogP contribution in [0.2, 0.25) is 0 Å². The molecule has 0 unspecified atom stereocenters. The largest absolute Gasteiger partial charge is 0.363 e. The highest BCUT2D eigenvalue weighted by Gasteiger charge is 2.09. The Bertz CT molecular complexity index is 152. The highest BCUT2D eigenvalue weighted by Crippen LogP contribution is 2.07. The van der Waals surface area contributed by atoms with Crippen LogP contribution in [-0.4, -0.2) is 30.9 Å². The van der Waals surface area contributed by atoms with E-state index in [4.69, 9.17) is 0 Å². The number of nitrogens with zero attached hydrogens (tertiary/aromatic N) is 2. The number of amidine groups is 1. The molecule has 0 radical (unpaired) electrons. The Kier molecular flexibility index (Phi) is 4.12. The first-order valence-corrected chi connectivity index (χ1v) is 5.09. The lowest BCUT2D eigenvalue weighted by atomic mass is 10.1. The fourth-order valence-corrected chi connectivity index (χ4v) is 1.57. The van der Waals surface area contributed by atoms with Crippen molar-refractivity contribution in [2.75, 3.05) is 20.1 Å². The van der Waals surface area contributed by atoms with Crippen LogP contribution in [0.25, 0.3) is 0 Å². The molecule has 0 aliphatic carbocycles. The van der Waals surface area contributed by atoms with Gasteiger partial charge in [-0.2, -0.15) is 0 Å². The van der Waals surface area contributed by atoms with Crippen LogP contribution in [0.3, 0.4) is 0 Å². The minimum absolute atomic E-state index is 1.05. The first kappa shape index (κ1) is 9.56. The van der Waals surface area contributed by atoms with Crippen molar-refractivity contribution in [3.63, 3.8) is 0 Å². The van der Waals surface area contributed by atoms with Gasteiger partial charge in [-0.05, 0) is 12.8 Å². The second-order valence-electron chi connectivity index (χ2n) is 3.53. The summed E-state index contributed by atoms with van der Waals surface area (Å²) in [6, 6.07) is 0. The standard InChI is InChI=1S/C10H20N2/c1-3-4-5-7-10-11-8-6-9-12(10)2/h3-9H2,1-2H3. The van der Waals surface area contributed by atoms with Gasteiger partial charge in [0, 0.05) is 26.6 Å². The predicted molar refractivity (Wildman–Crippen MR) is 53.7 cm³/mol. The molecule has 1 aliphatic heterocycles. The number of hydrogen-bond acceptors (Lipinski definition) is 2. The fourth-order valence-electron chi connectivity index (χ4n) is 1.57. The lowest BCUT2D eigenvalue weighted by Crippen LogP contribution is -2.31. The molecule has 2 nitrogen and oxygen atoms in total. The molecule has 1 aliphatic rings. The molecule has 0 fully saturated rings. The molecule has 1 rings (SSSR count). The lowest BCUT2D eigenvalue weighted by Gasteiger charge is -2.25. The number of hydrogen-bond donors (Lipinski definition) is 0. The molecule has 0 N–H and O–H groups in total. The van der Waals surface area contributed by atoms with Gasteiger partial charge in [0.2, 0.25) is 0 Å². The molecule has 0 saturated heterocycles. The molecule has 2 heteroatoms. The van der Waals surface area contributed by atoms with Crippen molar-refractivity contribution in [2.45, 2.75) is 39.0 Å². The van der Waals surface area contributed by atoms with E-state index in [1.165, 1.54) is 44.5 Å². The smallest absolute Gasteiger partial charge is 0.0986 e. The van der Waals surface area contributed by atoms with Crippen molar-refractivity contribution >= 4 is 5.84 Å². The average Bonchev–Trinajstić information content (AvgIpc) is 2.09. The highest BCUT2D eigenvalue weighted by molar-refractivity contribution is 5.82. The van der Waals surface area contributed by atoms with Gasteiger partial charge in [0.25, 0.3) is 0 Å². The molecule has 0 aromatic carbocycles. The monoisotopic (exact) mass is 168 g/mol. The molecule has 0 amide bonds. The summed E-state index contributed by atoms with van der Waals surface area (Å²) >= 11 is 0. The SMILES string of the molecule is CCCCCC1=NCCCN1C. The topological polar surface area (TPSA) is 15.6 Å². The maximum absolute atomic E-state index is 4.52. The molecular weight excluding hydrogens is 148 g/mol. The summed E-state index contributed by atoms with van der Waals surface area (Å²) in [7, 11) is 2.16. The third kappa shape index (κ3) is 2.84. The van der Waals surface area contributed by atoms with Crippen molar-refractivity contribution < 1.29 is 0 Å². The molecule has 0 atom stereocenters. The van der Waals surface area contributed by atoms with E-state index in [-0.39, 0.29) is 0 Å². The first-order valence-electron chi connectivity index (χ1n) is 5.09. The van der Waals surface area contributed by atoms with Gasteiger partial charge in [0.15, 0.2) is 0 Å². The minimum atomic E-state index is 1.05. The number of rotatable bonds is 4. The van der Waals surface area contributed by atoms with Crippen LogP contribution < -0.4 is 0 Å². The molecule has 12 heavy (non-hydrogen) atoms. The van der Waals surface area contributed by atoms with E-state index in [1.54, 1.807) is 0 Å². The van der Waals surface area contributed by atoms with Crippen molar-refractivity contribution in [1.29, 1.82) is 0 Å². The third-order valence-electron chi connectivity index (χ3n) is 2.39. The lowest BCUT2D eigenvalue weighted by molar-refractivity contribution is 0.452. The van der Waals surface area contributed by atoms with E-state index in [0.29, 0.717) is 0 Å². The van der Waals surface area contributed by atoms with E-state index in [0.717, 1.165) is 6.54 Å². The fraction of sp³-hybridized carbons (Fsp3) is 0.900. The maximum Gasteiger partial charge on any atom is 0.0986 e. The zero-order valence-electron chi connectivity index (χ0n) is 8.34. The van der Waals surface area contributed by atoms with Crippen molar-refractivity contribution in [1.82, 2.24) is 4.90 Å². The third-order valence-corrected chi connectivity index (χ3v) is 2.39. The van der Waals surface area contributed by atoms with Crippen LogP contribution in [0.1, 0.15) is 39.0 Å². The molecular formula is C10H20N2. The van der Waals surface area contributed by atoms with Gasteiger partial charge in [0.1, 0.15) is 0 Å². The normalized spacial score (nSPS) is 17.8. The average molecular weight is 168 g/mol. The summed E-state index contributed by atoms with van der Waals surface area (Å²) in [5.41, 5.74) is 0. The van der Waals surface area contributed by atoms with Crippen LogP contribution in [0.15, 0.2) is 4.99 Å². The molecule has 0 aromatic rings. The summed E-state index contributed by atoms with van der Waals surface area (Å²) in [4.78, 5) is 6.83. The summed E-state index contributed by atoms with van der Waals surface area (Å²) < 4.78 is 0. The summed E-state index contributed by atoms with van der Waals surface area (Å²) in [5, 5.41) is 0. The molecule has 0 aromatic heterocycles. The van der Waals surface area contributed by atoms with Gasteiger partial charge in [-0.15, -0.1) is 0 Å². The summed E-state index contributed by atoms with van der Waals surface area (Å²) in [6.07, 6.45) is 6.36. The van der Waals surface area contributed by atoms with Crippen LogP contribution >= 0.6 is 0 Å². The van der Waals surface area contributed by atoms with Gasteiger partial charge in [0.05, 0.1) is 5.84 Å². The summed E-state index contributed by atoms with van der Waals surface area (Å²) in [5.74, 6) is 1.33. The van der Waals surface area contributed by atoms with Gasteiger partial charge in [-0.3, -0.25) is 4.99 Å². The van der Waals surface area contributed by atoms with Gasteiger partial charge < -0.3 is 4.90 Å². The maximum atomic E-state index is 4.52. The Labute approximate surface area is 75.7 Å². The first-order chi connectivity index (χ1) is 5.84. The van der Waals surface area contributed by atoms with Gasteiger partial charge in [-0.1, -0.05) is 19.8 Å². The number of unbranched alkanes of at least 4 members (excludes halogenated alkanes) is 2. The van der Waals surface area contributed by atoms with Crippen LogP contribution in [0.5, 0.6) is 0 Å². The second kappa shape index (κ2) is 5.18. The van der Waals surface area contributed by atoms with Gasteiger partial charge in [-0.25, -0.2) is 0 Å². The number of aliphatic imine (C=N–C) groups is 1. The van der Waals surface area contributed by atoms with Crippen LogP contribution in [0.4, 0.5) is 0 Å². The van der Waals surface area contributed by atoms with Crippen LogP contribution in [0, 0.1) is 0 Å². The Balaban J connectivity index is 2.24. The van der Waals surface area contributed by atoms with E-state index in [1.807, 2.05) is 0 Å². The molecule has 0 saturated carbocycles. The summed E-state index contributed by atoms with van der Waals surface area (Å²) in [6.45, 7) is 4.49. The molecule has 0 spiro atoms. The Hall–Kier alpha value is -0.530. The highest BCUT2D eigenvalue weighted by atomic mass is 15.2. The van der Waals surface area contributed by atoms with Crippen molar-refractivity contribution in [2.24, 2.45) is 4.99 Å². The van der Waals surface area contributed by atoms with E-state index in [2.05, 4.69) is 23.9 Å². The van der Waals surface area contributed by atoms with Crippen molar-refractivity contribution in [3.05, 3.63) is 0 Å². The van der Waals surface area contributed by atoms with Crippen molar-refractivity contribution in [3.8, 4) is 0 Å². The Morgan fingerprint density at radius 1 is 1.42 bits per heavy atom. The van der Waals surface area contributed by atoms with E-state index >= 15 is 0 Å².